The number of benzene rings is 1. The van der Waals surface area contributed by atoms with Crippen LogP contribution in [-0.4, -0.2) is 42.6 Å². The summed E-state index contributed by atoms with van der Waals surface area (Å²) in [4.78, 5) is 11.7. The summed E-state index contributed by atoms with van der Waals surface area (Å²) in [6, 6.07) is 14.6. The molecule has 0 saturated carbocycles. The lowest BCUT2D eigenvalue weighted by Gasteiger charge is -2.26. The van der Waals surface area contributed by atoms with Crippen LogP contribution in [-0.2, 0) is 19.6 Å². The molecule has 2 aromatic rings. The first-order chi connectivity index (χ1) is 14.3. The van der Waals surface area contributed by atoms with Gasteiger partial charge >= 0.3 is 0 Å². The summed E-state index contributed by atoms with van der Waals surface area (Å²) in [6.45, 7) is 7.63. The van der Waals surface area contributed by atoms with Gasteiger partial charge in [0, 0.05) is 19.2 Å². The number of ether oxygens (including phenoxy) is 1. The molecule has 0 aliphatic carbocycles. The van der Waals surface area contributed by atoms with Crippen LogP contribution in [0.15, 0.2) is 47.5 Å². The van der Waals surface area contributed by atoms with Crippen LogP contribution in [0.25, 0.3) is 0 Å². The third kappa shape index (κ3) is 8.10. The van der Waals surface area contributed by atoms with E-state index in [9.17, 15) is 0 Å². The van der Waals surface area contributed by atoms with Gasteiger partial charge in [-0.1, -0.05) is 36.8 Å². The molecule has 30 heavy (non-hydrogen) atoms. The summed E-state index contributed by atoms with van der Waals surface area (Å²) >= 11 is 0. The van der Waals surface area contributed by atoms with E-state index in [-0.39, 0.29) is 24.0 Å². The molecule has 1 aliphatic heterocycles. The molecule has 6 nitrogen and oxygen atoms in total. The SMILES string of the molecule is CCNC(=NCc1ccc(CN2CCCCC2)cc1)NCc1cccc(OC)n1.I. The number of nitrogens with zero attached hydrogens (tertiary/aromatic N) is 3. The molecule has 0 atom stereocenters. The summed E-state index contributed by atoms with van der Waals surface area (Å²) in [5.41, 5.74) is 3.51. The summed E-state index contributed by atoms with van der Waals surface area (Å²) in [6.07, 6.45) is 4.04. The van der Waals surface area contributed by atoms with Gasteiger partial charge < -0.3 is 15.4 Å². The number of hydrogen-bond acceptors (Lipinski definition) is 4. The van der Waals surface area contributed by atoms with Crippen molar-refractivity contribution in [2.75, 3.05) is 26.7 Å². The van der Waals surface area contributed by atoms with Gasteiger partial charge in [-0.25, -0.2) is 9.98 Å². The van der Waals surface area contributed by atoms with Crippen LogP contribution < -0.4 is 15.4 Å². The Balaban J connectivity index is 0.00000320. The summed E-state index contributed by atoms with van der Waals surface area (Å²) < 4.78 is 5.18. The van der Waals surface area contributed by atoms with E-state index >= 15 is 0 Å². The van der Waals surface area contributed by atoms with E-state index in [4.69, 9.17) is 9.73 Å². The molecular weight excluding hydrogens is 489 g/mol. The lowest BCUT2D eigenvalue weighted by atomic mass is 10.1. The molecule has 1 aromatic heterocycles. The first-order valence-corrected chi connectivity index (χ1v) is 10.6. The molecule has 1 fully saturated rings. The van der Waals surface area contributed by atoms with Gasteiger partial charge in [-0.05, 0) is 50.0 Å². The van der Waals surface area contributed by atoms with Gasteiger partial charge in [-0.2, -0.15) is 0 Å². The zero-order valence-electron chi connectivity index (χ0n) is 18.1. The maximum atomic E-state index is 5.18. The molecule has 1 saturated heterocycles. The quantitative estimate of drug-likeness (QED) is 0.312. The summed E-state index contributed by atoms with van der Waals surface area (Å²) in [7, 11) is 1.63. The molecule has 0 unspecified atom stereocenters. The van der Waals surface area contributed by atoms with Crippen LogP contribution in [0, 0.1) is 0 Å². The Kier molecular flexibility index (Phi) is 10.9. The number of pyridine rings is 1. The van der Waals surface area contributed by atoms with Crippen molar-refractivity contribution in [1.82, 2.24) is 20.5 Å². The van der Waals surface area contributed by atoms with E-state index < -0.39 is 0 Å². The highest BCUT2D eigenvalue weighted by Gasteiger charge is 2.10. The molecule has 1 aliphatic rings. The number of halogens is 1. The highest BCUT2D eigenvalue weighted by atomic mass is 127. The first kappa shape index (κ1) is 24.4. The lowest BCUT2D eigenvalue weighted by Crippen LogP contribution is -2.37. The fourth-order valence-corrected chi connectivity index (χ4v) is 3.48. The van der Waals surface area contributed by atoms with Crippen LogP contribution in [0.3, 0.4) is 0 Å². The molecule has 1 aromatic carbocycles. The van der Waals surface area contributed by atoms with Crippen LogP contribution in [0.4, 0.5) is 0 Å². The Hall–Kier alpha value is -1.87. The van der Waals surface area contributed by atoms with Crippen molar-refractivity contribution >= 4 is 29.9 Å². The molecular formula is C23H34IN5O. The second-order valence-corrected chi connectivity index (χ2v) is 7.37. The zero-order valence-corrected chi connectivity index (χ0v) is 20.4. The van der Waals surface area contributed by atoms with Gasteiger partial charge in [0.15, 0.2) is 5.96 Å². The van der Waals surface area contributed by atoms with Crippen molar-refractivity contribution in [3.8, 4) is 5.88 Å². The van der Waals surface area contributed by atoms with Gasteiger partial charge in [0.2, 0.25) is 5.88 Å². The Morgan fingerprint density at radius 1 is 1.03 bits per heavy atom. The largest absolute Gasteiger partial charge is 0.481 e. The Morgan fingerprint density at radius 2 is 1.77 bits per heavy atom. The van der Waals surface area contributed by atoms with Gasteiger partial charge in [0.25, 0.3) is 0 Å². The van der Waals surface area contributed by atoms with Crippen molar-refractivity contribution in [3.05, 3.63) is 59.3 Å². The van der Waals surface area contributed by atoms with E-state index in [0.717, 1.165) is 24.7 Å². The number of hydrogen-bond donors (Lipinski definition) is 2. The fourth-order valence-electron chi connectivity index (χ4n) is 3.48. The maximum absolute atomic E-state index is 5.18. The minimum Gasteiger partial charge on any atom is -0.481 e. The van der Waals surface area contributed by atoms with Gasteiger partial charge in [-0.15, -0.1) is 24.0 Å². The van der Waals surface area contributed by atoms with E-state index in [1.165, 1.54) is 43.5 Å². The van der Waals surface area contributed by atoms with E-state index in [2.05, 4.69) is 51.7 Å². The standard InChI is InChI=1S/C23H33N5O.HI/c1-3-24-23(26-17-21-8-7-9-22(27-21)29-2)25-16-19-10-12-20(13-11-19)18-28-14-5-4-6-15-28;/h7-13H,3-6,14-18H2,1-2H3,(H2,24,25,26);1H. The van der Waals surface area contributed by atoms with Gasteiger partial charge in [-0.3, -0.25) is 4.90 Å². The third-order valence-corrected chi connectivity index (χ3v) is 5.07. The van der Waals surface area contributed by atoms with Crippen LogP contribution in [0.1, 0.15) is 43.0 Å². The topological polar surface area (TPSA) is 61.8 Å². The van der Waals surface area contributed by atoms with Crippen molar-refractivity contribution in [2.24, 2.45) is 4.99 Å². The Labute approximate surface area is 197 Å². The molecule has 0 bridgehead atoms. The summed E-state index contributed by atoms with van der Waals surface area (Å²) in [5, 5.41) is 6.63. The van der Waals surface area contributed by atoms with Gasteiger partial charge in [0.1, 0.15) is 0 Å². The van der Waals surface area contributed by atoms with Crippen molar-refractivity contribution in [1.29, 1.82) is 0 Å². The number of aliphatic imine (C=N–C) groups is 1. The smallest absolute Gasteiger partial charge is 0.213 e. The van der Waals surface area contributed by atoms with Crippen LogP contribution in [0.2, 0.25) is 0 Å². The number of nitrogens with one attached hydrogen (secondary N) is 2. The minimum absolute atomic E-state index is 0. The van der Waals surface area contributed by atoms with Crippen molar-refractivity contribution < 1.29 is 4.74 Å². The number of piperidine rings is 1. The normalized spacial score (nSPS) is 14.7. The first-order valence-electron chi connectivity index (χ1n) is 10.6. The van der Waals surface area contributed by atoms with E-state index in [0.29, 0.717) is 19.0 Å². The fraction of sp³-hybridized carbons (Fsp3) is 0.478. The highest BCUT2D eigenvalue weighted by Crippen LogP contribution is 2.14. The number of likely N-dealkylation sites (tertiary alicyclic amines) is 1. The average molecular weight is 523 g/mol. The lowest BCUT2D eigenvalue weighted by molar-refractivity contribution is 0.221. The van der Waals surface area contributed by atoms with Crippen molar-refractivity contribution in [3.63, 3.8) is 0 Å². The molecule has 2 N–H and O–H groups in total. The number of rotatable bonds is 8. The Morgan fingerprint density at radius 3 is 2.47 bits per heavy atom. The van der Waals surface area contributed by atoms with Gasteiger partial charge in [0.05, 0.1) is 25.9 Å². The highest BCUT2D eigenvalue weighted by molar-refractivity contribution is 14.0. The molecule has 3 rings (SSSR count). The average Bonchev–Trinajstić information content (AvgIpc) is 2.77. The van der Waals surface area contributed by atoms with E-state index in [1.54, 1.807) is 7.11 Å². The van der Waals surface area contributed by atoms with E-state index in [1.807, 2.05) is 18.2 Å². The molecule has 0 radical (unpaired) electrons. The second kappa shape index (κ2) is 13.4. The predicted molar refractivity (Wildman–Crippen MR) is 133 cm³/mol. The molecule has 2 heterocycles. The number of methoxy groups -OCH3 is 1. The molecule has 164 valence electrons. The summed E-state index contributed by atoms with van der Waals surface area (Å²) in [5.74, 6) is 1.41. The number of guanidine groups is 1. The molecule has 0 spiro atoms. The van der Waals surface area contributed by atoms with Crippen molar-refractivity contribution in [2.45, 2.75) is 45.8 Å². The molecule has 7 heteroatoms. The minimum atomic E-state index is 0. The number of aromatic nitrogens is 1. The monoisotopic (exact) mass is 523 g/mol. The predicted octanol–water partition coefficient (Wildman–Crippen LogP) is 3.95. The third-order valence-electron chi connectivity index (χ3n) is 5.07. The molecule has 0 amide bonds. The van der Waals surface area contributed by atoms with Crippen LogP contribution >= 0.6 is 24.0 Å². The van der Waals surface area contributed by atoms with Crippen LogP contribution in [0.5, 0.6) is 5.88 Å². The zero-order chi connectivity index (χ0) is 20.3. The maximum Gasteiger partial charge on any atom is 0.213 e. The Bertz CT molecular complexity index is 775. The second-order valence-electron chi connectivity index (χ2n) is 7.37.